The molecule has 1 aromatic rings. The second-order valence-corrected chi connectivity index (χ2v) is 5.41. The van der Waals surface area contributed by atoms with Gasteiger partial charge < -0.3 is 10.4 Å². The Balaban J connectivity index is 2.47. The number of aliphatic carboxylic acids is 1. The number of carboxylic acids is 1. The number of nitrogens with one attached hydrogen (secondary N) is 1. The summed E-state index contributed by atoms with van der Waals surface area (Å²) in [6.07, 6.45) is 2.07. The third-order valence-corrected chi connectivity index (χ3v) is 4.01. The summed E-state index contributed by atoms with van der Waals surface area (Å²) in [5, 5.41) is 20.4. The van der Waals surface area contributed by atoms with E-state index in [1.165, 1.54) is 23.1 Å². The van der Waals surface area contributed by atoms with E-state index in [0.717, 1.165) is 18.0 Å². The molecule has 0 aliphatic rings. The van der Waals surface area contributed by atoms with Crippen LogP contribution >= 0.6 is 23.1 Å². The largest absolute Gasteiger partial charge is 0.481 e. The number of thioether (sulfide) groups is 1. The second kappa shape index (κ2) is 6.70. The number of carboxylic acid groups (broad SMARTS) is 1. The van der Waals surface area contributed by atoms with Gasteiger partial charge in [-0.15, -0.1) is 10.2 Å². The van der Waals surface area contributed by atoms with E-state index in [9.17, 15) is 4.79 Å². The van der Waals surface area contributed by atoms with Crippen molar-refractivity contribution < 1.29 is 9.90 Å². The molecule has 0 aromatic carbocycles. The molecule has 0 aliphatic heterocycles. The first-order valence-electron chi connectivity index (χ1n) is 5.10. The van der Waals surface area contributed by atoms with E-state index in [1.807, 2.05) is 0 Å². The van der Waals surface area contributed by atoms with Gasteiger partial charge in [-0.25, -0.2) is 0 Å². The van der Waals surface area contributed by atoms with E-state index in [-0.39, 0.29) is 5.75 Å². The highest BCUT2D eigenvalue weighted by molar-refractivity contribution is 8.01. The van der Waals surface area contributed by atoms with Gasteiger partial charge in [-0.05, 0) is 12.8 Å². The number of anilines is 1. The van der Waals surface area contributed by atoms with Crippen molar-refractivity contribution in [3.8, 4) is 0 Å². The van der Waals surface area contributed by atoms with Crippen LogP contribution in [0.5, 0.6) is 0 Å². The van der Waals surface area contributed by atoms with Crippen LogP contribution in [0.4, 0.5) is 5.13 Å². The van der Waals surface area contributed by atoms with Crippen molar-refractivity contribution in [2.75, 3.05) is 11.1 Å². The van der Waals surface area contributed by atoms with Crippen LogP contribution in [-0.2, 0) is 4.79 Å². The Bertz CT molecular complexity index is 339. The van der Waals surface area contributed by atoms with E-state index in [0.29, 0.717) is 10.4 Å². The molecule has 0 fully saturated rings. The number of hydrogen-bond acceptors (Lipinski definition) is 6. The molecule has 0 saturated carbocycles. The summed E-state index contributed by atoms with van der Waals surface area (Å²) in [5.41, 5.74) is 0. The van der Waals surface area contributed by atoms with Crippen molar-refractivity contribution in [3.63, 3.8) is 0 Å². The molecule has 16 heavy (non-hydrogen) atoms. The van der Waals surface area contributed by atoms with Gasteiger partial charge in [-0.1, -0.05) is 36.9 Å². The summed E-state index contributed by atoms with van der Waals surface area (Å²) in [4.78, 5) is 10.4. The average molecular weight is 261 g/mol. The maximum Gasteiger partial charge on any atom is 0.313 e. The first-order valence-corrected chi connectivity index (χ1v) is 6.90. The zero-order valence-corrected chi connectivity index (χ0v) is 10.9. The molecule has 2 N–H and O–H groups in total. The van der Waals surface area contributed by atoms with E-state index in [1.54, 1.807) is 0 Å². The number of carbonyl (C=O) groups is 1. The van der Waals surface area contributed by atoms with Gasteiger partial charge in [0.05, 0.1) is 5.75 Å². The number of aromatic nitrogens is 2. The van der Waals surface area contributed by atoms with Gasteiger partial charge in [0, 0.05) is 6.04 Å². The normalized spacial score (nSPS) is 10.7. The summed E-state index contributed by atoms with van der Waals surface area (Å²) in [6.45, 7) is 4.23. The molecule has 1 rings (SSSR count). The minimum Gasteiger partial charge on any atom is -0.481 e. The van der Waals surface area contributed by atoms with Crippen LogP contribution in [0.2, 0.25) is 0 Å². The minimum absolute atomic E-state index is 0.0274. The van der Waals surface area contributed by atoms with Gasteiger partial charge in [0.25, 0.3) is 0 Å². The monoisotopic (exact) mass is 261 g/mol. The molecule has 0 amide bonds. The van der Waals surface area contributed by atoms with Gasteiger partial charge in [-0.3, -0.25) is 4.79 Å². The fourth-order valence-corrected chi connectivity index (χ4v) is 2.67. The number of rotatable bonds is 7. The van der Waals surface area contributed by atoms with Crippen LogP contribution in [-0.4, -0.2) is 33.1 Å². The Morgan fingerprint density at radius 1 is 1.50 bits per heavy atom. The molecular weight excluding hydrogens is 246 g/mol. The van der Waals surface area contributed by atoms with E-state index in [2.05, 4.69) is 29.4 Å². The molecule has 0 unspecified atom stereocenters. The Hall–Kier alpha value is -0.820. The quantitative estimate of drug-likeness (QED) is 0.734. The summed E-state index contributed by atoms with van der Waals surface area (Å²) < 4.78 is 0.691. The average Bonchev–Trinajstić information content (AvgIpc) is 2.70. The summed E-state index contributed by atoms with van der Waals surface area (Å²) in [5.74, 6) is -0.811. The van der Waals surface area contributed by atoms with Crippen LogP contribution in [0, 0.1) is 0 Å². The highest BCUT2D eigenvalue weighted by atomic mass is 32.2. The minimum atomic E-state index is -0.838. The molecule has 0 atom stereocenters. The molecule has 0 saturated heterocycles. The van der Waals surface area contributed by atoms with Gasteiger partial charge >= 0.3 is 5.97 Å². The predicted octanol–water partition coefficient (Wildman–Crippen LogP) is 2.32. The molecule has 0 radical (unpaired) electrons. The Labute approximate surface area is 103 Å². The lowest BCUT2D eigenvalue weighted by molar-refractivity contribution is -0.133. The zero-order valence-electron chi connectivity index (χ0n) is 9.27. The highest BCUT2D eigenvalue weighted by Crippen LogP contribution is 2.26. The first-order chi connectivity index (χ1) is 7.65. The standard InChI is InChI=1S/C9H15N3O2S2/c1-3-6(4-2)10-8-11-12-9(16-8)15-5-7(13)14/h6H,3-5H2,1-2H3,(H,10,11)(H,13,14). The van der Waals surface area contributed by atoms with Crippen LogP contribution in [0.1, 0.15) is 26.7 Å². The van der Waals surface area contributed by atoms with Crippen molar-refractivity contribution >= 4 is 34.2 Å². The van der Waals surface area contributed by atoms with Crippen LogP contribution < -0.4 is 5.32 Å². The molecule has 7 heteroatoms. The lowest BCUT2D eigenvalue weighted by Crippen LogP contribution is -2.16. The third kappa shape index (κ3) is 4.36. The van der Waals surface area contributed by atoms with Crippen LogP contribution in [0.15, 0.2) is 4.34 Å². The van der Waals surface area contributed by atoms with Crippen molar-refractivity contribution in [1.82, 2.24) is 10.2 Å². The molecule has 1 aromatic heterocycles. The van der Waals surface area contributed by atoms with Crippen molar-refractivity contribution in [2.45, 2.75) is 37.1 Å². The maximum absolute atomic E-state index is 10.4. The van der Waals surface area contributed by atoms with Crippen molar-refractivity contribution in [1.29, 1.82) is 0 Å². The molecule has 90 valence electrons. The fraction of sp³-hybridized carbons (Fsp3) is 0.667. The van der Waals surface area contributed by atoms with Crippen molar-refractivity contribution in [2.24, 2.45) is 0 Å². The first kappa shape index (κ1) is 13.2. The van der Waals surface area contributed by atoms with Gasteiger partial charge in [0.2, 0.25) is 5.13 Å². The molecule has 0 spiro atoms. The summed E-state index contributed by atoms with van der Waals surface area (Å²) >= 11 is 2.60. The Morgan fingerprint density at radius 2 is 2.19 bits per heavy atom. The van der Waals surface area contributed by atoms with Gasteiger partial charge in [0.15, 0.2) is 4.34 Å². The van der Waals surface area contributed by atoms with E-state index < -0.39 is 5.97 Å². The van der Waals surface area contributed by atoms with Gasteiger partial charge in [-0.2, -0.15) is 0 Å². The second-order valence-electron chi connectivity index (χ2n) is 3.21. The number of nitrogens with zero attached hydrogens (tertiary/aromatic N) is 2. The number of hydrogen-bond donors (Lipinski definition) is 2. The molecular formula is C9H15N3O2S2. The smallest absolute Gasteiger partial charge is 0.313 e. The summed E-state index contributed by atoms with van der Waals surface area (Å²) in [7, 11) is 0. The zero-order chi connectivity index (χ0) is 12.0. The molecule has 5 nitrogen and oxygen atoms in total. The lowest BCUT2D eigenvalue weighted by Gasteiger charge is -2.12. The Kier molecular flexibility index (Phi) is 5.54. The fourth-order valence-electron chi connectivity index (χ4n) is 1.12. The lowest BCUT2D eigenvalue weighted by atomic mass is 10.2. The van der Waals surface area contributed by atoms with Gasteiger partial charge in [0.1, 0.15) is 0 Å². The molecule has 0 aliphatic carbocycles. The predicted molar refractivity (Wildman–Crippen MR) is 66.3 cm³/mol. The van der Waals surface area contributed by atoms with Crippen molar-refractivity contribution in [3.05, 3.63) is 0 Å². The van der Waals surface area contributed by atoms with Crippen LogP contribution in [0.3, 0.4) is 0 Å². The summed E-state index contributed by atoms with van der Waals surface area (Å²) in [6, 6.07) is 0.408. The highest BCUT2D eigenvalue weighted by Gasteiger charge is 2.09. The van der Waals surface area contributed by atoms with E-state index in [4.69, 9.17) is 5.11 Å². The molecule has 1 heterocycles. The molecule has 0 bridgehead atoms. The Morgan fingerprint density at radius 3 is 2.75 bits per heavy atom. The van der Waals surface area contributed by atoms with E-state index >= 15 is 0 Å². The topological polar surface area (TPSA) is 75.1 Å². The SMILES string of the molecule is CCC(CC)Nc1nnc(SCC(=O)O)s1. The third-order valence-electron chi connectivity index (χ3n) is 2.04. The van der Waals surface area contributed by atoms with Crippen LogP contribution in [0.25, 0.3) is 0 Å². The maximum atomic E-state index is 10.4.